The van der Waals surface area contributed by atoms with E-state index in [9.17, 15) is 13.2 Å². The number of nitrogens with one attached hydrogen (secondary N) is 1. The number of piperidine rings is 1. The Morgan fingerprint density at radius 1 is 1.03 bits per heavy atom. The van der Waals surface area contributed by atoms with Gasteiger partial charge in [0.2, 0.25) is 10.0 Å². The Balaban J connectivity index is 1.42. The van der Waals surface area contributed by atoms with Gasteiger partial charge in [0.05, 0.1) is 13.4 Å². The van der Waals surface area contributed by atoms with Gasteiger partial charge < -0.3 is 10.1 Å². The second-order valence-electron chi connectivity index (χ2n) is 7.93. The van der Waals surface area contributed by atoms with Crippen LogP contribution in [0, 0.1) is 0 Å². The first-order valence-corrected chi connectivity index (χ1v) is 11.7. The van der Waals surface area contributed by atoms with Gasteiger partial charge in [0.1, 0.15) is 5.75 Å². The van der Waals surface area contributed by atoms with Gasteiger partial charge in [-0.2, -0.15) is 4.31 Å². The molecule has 2 fully saturated rings. The molecule has 2 heterocycles. The van der Waals surface area contributed by atoms with Crippen molar-refractivity contribution in [1.82, 2.24) is 9.62 Å². The second-order valence-corrected chi connectivity index (χ2v) is 9.82. The van der Waals surface area contributed by atoms with E-state index in [-0.39, 0.29) is 24.0 Å². The number of amides is 1. The summed E-state index contributed by atoms with van der Waals surface area (Å²) in [7, 11) is -1.55. The van der Waals surface area contributed by atoms with Crippen molar-refractivity contribution in [2.75, 3.05) is 13.4 Å². The number of methoxy groups -OCH3 is 1. The van der Waals surface area contributed by atoms with E-state index in [1.54, 1.807) is 11.4 Å². The molecule has 2 bridgehead atoms. The molecule has 6 nitrogen and oxygen atoms in total. The van der Waals surface area contributed by atoms with Gasteiger partial charge in [0, 0.05) is 23.7 Å². The number of carbonyl (C=O) groups is 1. The lowest BCUT2D eigenvalue weighted by Gasteiger charge is -2.37. The first-order chi connectivity index (χ1) is 13.8. The van der Waals surface area contributed by atoms with Gasteiger partial charge in [0.25, 0.3) is 5.91 Å². The molecule has 2 aliphatic heterocycles. The van der Waals surface area contributed by atoms with E-state index in [1.165, 1.54) is 6.26 Å². The lowest BCUT2D eigenvalue weighted by Crippen LogP contribution is -2.52. The minimum Gasteiger partial charge on any atom is -0.497 e. The summed E-state index contributed by atoms with van der Waals surface area (Å²) < 4.78 is 31.0. The SMILES string of the molecule is COc1cccc(-c2ccc(C(=O)NC3CC4CCC(C3)N4S(C)(=O)=O)cc2)c1. The fourth-order valence-corrected chi connectivity index (χ4v) is 6.14. The third-order valence-corrected chi connectivity index (χ3v) is 7.30. The highest BCUT2D eigenvalue weighted by Gasteiger charge is 2.45. The summed E-state index contributed by atoms with van der Waals surface area (Å²) in [6, 6.07) is 15.3. The molecule has 0 spiro atoms. The van der Waals surface area contributed by atoms with Crippen LogP contribution in [0.25, 0.3) is 11.1 Å². The highest BCUT2D eigenvalue weighted by atomic mass is 32.2. The van der Waals surface area contributed by atoms with E-state index in [0.29, 0.717) is 18.4 Å². The zero-order chi connectivity index (χ0) is 20.6. The molecule has 2 atom stereocenters. The number of hydrogen-bond donors (Lipinski definition) is 1. The first-order valence-electron chi connectivity index (χ1n) is 9.89. The van der Waals surface area contributed by atoms with Crippen molar-refractivity contribution in [2.24, 2.45) is 0 Å². The number of ether oxygens (including phenoxy) is 1. The van der Waals surface area contributed by atoms with Crippen LogP contribution in [-0.2, 0) is 10.0 Å². The van der Waals surface area contributed by atoms with E-state index in [0.717, 1.165) is 29.7 Å². The smallest absolute Gasteiger partial charge is 0.251 e. The maximum atomic E-state index is 12.7. The fraction of sp³-hybridized carbons (Fsp3) is 0.409. The van der Waals surface area contributed by atoms with Gasteiger partial charge in [-0.25, -0.2) is 8.42 Å². The van der Waals surface area contributed by atoms with E-state index >= 15 is 0 Å². The Bertz CT molecular complexity index is 990. The van der Waals surface area contributed by atoms with Crippen molar-refractivity contribution >= 4 is 15.9 Å². The third kappa shape index (κ3) is 4.16. The molecule has 4 rings (SSSR count). The van der Waals surface area contributed by atoms with Crippen molar-refractivity contribution in [2.45, 2.75) is 43.8 Å². The van der Waals surface area contributed by atoms with Crippen LogP contribution in [0.2, 0.25) is 0 Å². The lowest BCUT2D eigenvalue weighted by atomic mass is 9.99. The van der Waals surface area contributed by atoms with Crippen molar-refractivity contribution in [3.8, 4) is 16.9 Å². The van der Waals surface area contributed by atoms with Crippen molar-refractivity contribution < 1.29 is 17.9 Å². The Kier molecular flexibility index (Phi) is 5.36. The highest BCUT2D eigenvalue weighted by Crippen LogP contribution is 2.37. The molecule has 1 N–H and O–H groups in total. The molecule has 2 aliphatic rings. The van der Waals surface area contributed by atoms with Crippen LogP contribution in [0.15, 0.2) is 48.5 Å². The normalized spacial score (nSPS) is 24.3. The van der Waals surface area contributed by atoms with Crippen molar-refractivity contribution in [3.05, 3.63) is 54.1 Å². The largest absolute Gasteiger partial charge is 0.497 e. The van der Waals surface area contributed by atoms with Gasteiger partial charge in [-0.1, -0.05) is 24.3 Å². The van der Waals surface area contributed by atoms with E-state index < -0.39 is 10.0 Å². The van der Waals surface area contributed by atoms with Crippen LogP contribution >= 0.6 is 0 Å². The summed E-state index contributed by atoms with van der Waals surface area (Å²) in [4.78, 5) is 12.7. The molecular weight excluding hydrogens is 388 g/mol. The Morgan fingerprint density at radius 3 is 2.28 bits per heavy atom. The molecule has 0 radical (unpaired) electrons. The molecule has 154 valence electrons. The Hall–Kier alpha value is -2.38. The van der Waals surface area contributed by atoms with Crippen LogP contribution in [0.1, 0.15) is 36.0 Å². The molecule has 1 amide bonds. The number of sulfonamides is 1. The van der Waals surface area contributed by atoms with Crippen LogP contribution in [0.4, 0.5) is 0 Å². The maximum absolute atomic E-state index is 12.7. The monoisotopic (exact) mass is 414 g/mol. The Labute approximate surface area is 171 Å². The molecular formula is C22H26N2O4S. The minimum absolute atomic E-state index is 0.00415. The minimum atomic E-state index is -3.19. The number of carbonyl (C=O) groups excluding carboxylic acids is 1. The summed E-state index contributed by atoms with van der Waals surface area (Å²) >= 11 is 0. The summed E-state index contributed by atoms with van der Waals surface area (Å²) in [5.41, 5.74) is 2.65. The molecule has 0 aromatic heterocycles. The van der Waals surface area contributed by atoms with Gasteiger partial charge >= 0.3 is 0 Å². The van der Waals surface area contributed by atoms with Gasteiger partial charge in [0.15, 0.2) is 0 Å². The van der Waals surface area contributed by atoms with Crippen LogP contribution in [-0.4, -0.2) is 50.1 Å². The van der Waals surface area contributed by atoms with Gasteiger partial charge in [-0.3, -0.25) is 4.79 Å². The molecule has 7 heteroatoms. The van der Waals surface area contributed by atoms with E-state index in [2.05, 4.69) is 5.32 Å². The second kappa shape index (κ2) is 7.80. The van der Waals surface area contributed by atoms with E-state index in [1.807, 2.05) is 48.5 Å². The molecule has 2 aromatic rings. The van der Waals surface area contributed by atoms with E-state index in [4.69, 9.17) is 4.74 Å². The van der Waals surface area contributed by atoms with Crippen molar-refractivity contribution in [1.29, 1.82) is 0 Å². The maximum Gasteiger partial charge on any atom is 0.251 e. The summed E-state index contributed by atoms with van der Waals surface area (Å²) in [6.45, 7) is 0. The quantitative estimate of drug-likeness (QED) is 0.816. The first kappa shape index (κ1) is 19.9. The molecule has 29 heavy (non-hydrogen) atoms. The number of nitrogens with zero attached hydrogens (tertiary/aromatic N) is 1. The topological polar surface area (TPSA) is 75.7 Å². The van der Waals surface area contributed by atoms with Crippen LogP contribution in [0.3, 0.4) is 0 Å². The van der Waals surface area contributed by atoms with Crippen LogP contribution in [0.5, 0.6) is 5.75 Å². The number of rotatable bonds is 5. The van der Waals surface area contributed by atoms with Gasteiger partial charge in [-0.15, -0.1) is 0 Å². The molecule has 0 aliphatic carbocycles. The molecule has 0 saturated carbocycles. The molecule has 2 saturated heterocycles. The zero-order valence-electron chi connectivity index (χ0n) is 16.7. The number of fused-ring (bicyclic) bond motifs is 2. The average molecular weight is 415 g/mol. The fourth-order valence-electron chi connectivity index (χ4n) is 4.68. The standard InChI is InChI=1S/C22H26N2O4S/c1-28-21-5-3-4-17(12-21)15-6-8-16(9-7-15)22(25)23-18-13-19-10-11-20(14-18)24(19)29(2,26)27/h3-9,12,18-20H,10-11,13-14H2,1-2H3,(H,23,25). The van der Waals surface area contributed by atoms with Gasteiger partial charge in [-0.05, 0) is 61.1 Å². The average Bonchev–Trinajstić information content (AvgIpc) is 3.00. The summed E-state index contributed by atoms with van der Waals surface area (Å²) in [5.74, 6) is 0.679. The van der Waals surface area contributed by atoms with Crippen LogP contribution < -0.4 is 10.1 Å². The number of benzene rings is 2. The number of hydrogen-bond acceptors (Lipinski definition) is 4. The molecule has 2 unspecified atom stereocenters. The third-order valence-electron chi connectivity index (χ3n) is 5.93. The van der Waals surface area contributed by atoms with Crippen molar-refractivity contribution in [3.63, 3.8) is 0 Å². The summed E-state index contributed by atoms with van der Waals surface area (Å²) in [6.07, 6.45) is 4.38. The molecule has 2 aromatic carbocycles. The zero-order valence-corrected chi connectivity index (χ0v) is 17.5. The predicted octanol–water partition coefficient (Wildman–Crippen LogP) is 3.05. The summed E-state index contributed by atoms with van der Waals surface area (Å²) in [5, 5.41) is 3.11. The lowest BCUT2D eigenvalue weighted by molar-refractivity contribution is 0.0909. The predicted molar refractivity (Wildman–Crippen MR) is 112 cm³/mol. The Morgan fingerprint density at radius 2 is 1.69 bits per heavy atom. The highest BCUT2D eigenvalue weighted by molar-refractivity contribution is 7.88.